The van der Waals surface area contributed by atoms with E-state index in [-0.39, 0.29) is 11.9 Å². The maximum atomic E-state index is 10.5. The lowest BCUT2D eigenvalue weighted by Crippen LogP contribution is -2.00. The predicted octanol–water partition coefficient (Wildman–Crippen LogP) is 2.10. The molecule has 0 rings (SSSR count). The van der Waals surface area contributed by atoms with Gasteiger partial charge < -0.3 is 24.2 Å². The van der Waals surface area contributed by atoms with Crippen molar-refractivity contribution in [2.24, 2.45) is 0 Å². The van der Waals surface area contributed by atoms with Crippen molar-refractivity contribution in [1.29, 1.82) is 0 Å². The summed E-state index contributed by atoms with van der Waals surface area (Å²) in [5, 5.41) is 0. The van der Waals surface area contributed by atoms with Crippen molar-refractivity contribution in [3.8, 4) is 0 Å². The number of carbonyl (C=O) groups is 2. The summed E-state index contributed by atoms with van der Waals surface area (Å²) >= 11 is 0. The van der Waals surface area contributed by atoms with Gasteiger partial charge in [-0.15, -0.1) is 0 Å². The first kappa shape index (κ1) is 26.4. The Morgan fingerprint density at radius 3 is 1.30 bits per heavy atom. The van der Waals surface area contributed by atoms with Gasteiger partial charge in [0.15, 0.2) is 0 Å². The Bertz CT molecular complexity index is 361. The van der Waals surface area contributed by atoms with Crippen molar-refractivity contribution in [2.45, 2.75) is 40.5 Å². The number of allylic oxidation sites excluding steroid dienone is 2. The van der Waals surface area contributed by atoms with Crippen LogP contribution in [0, 0.1) is 0 Å². The van der Waals surface area contributed by atoms with Gasteiger partial charge in [-0.2, -0.15) is 0 Å². The Morgan fingerprint density at radius 1 is 0.870 bits per heavy atom. The lowest BCUT2D eigenvalue weighted by Gasteiger charge is -1.95. The zero-order valence-corrected chi connectivity index (χ0v) is 14.9. The van der Waals surface area contributed by atoms with E-state index in [0.717, 1.165) is 12.8 Å². The molecular weight excluding hydrogens is 327 g/mol. The molecule has 0 amide bonds. The number of rotatable bonds is 6. The molecule has 0 aliphatic heterocycles. The molecule has 3 N–H and O–H groups in total. The lowest BCUT2D eigenvalue weighted by molar-refractivity contribution is -0.138. The average molecular weight is 354 g/mol. The standard InChI is InChI=1S/2C7H12O2.H3O4P/c2*1-3-5-7(8)9-6-4-2;1-5(2,3)4/h2*3,5H,4,6H2,1-2H3;(H3,1,2,3,4). The van der Waals surface area contributed by atoms with E-state index in [1.54, 1.807) is 26.0 Å². The summed E-state index contributed by atoms with van der Waals surface area (Å²) in [5.41, 5.74) is 0. The molecular formula is C14H27O8P. The molecule has 9 heteroatoms. The van der Waals surface area contributed by atoms with Gasteiger partial charge in [0.1, 0.15) is 0 Å². The minimum Gasteiger partial charge on any atom is -0.463 e. The van der Waals surface area contributed by atoms with Crippen molar-refractivity contribution in [2.75, 3.05) is 13.2 Å². The third-order valence-electron chi connectivity index (χ3n) is 1.50. The smallest absolute Gasteiger partial charge is 0.463 e. The topological polar surface area (TPSA) is 130 Å². The van der Waals surface area contributed by atoms with Crippen LogP contribution in [0.25, 0.3) is 0 Å². The first-order chi connectivity index (χ1) is 10.6. The quantitative estimate of drug-likeness (QED) is 0.375. The first-order valence-electron chi connectivity index (χ1n) is 6.99. The molecule has 0 saturated heterocycles. The van der Waals surface area contributed by atoms with Crippen LogP contribution < -0.4 is 0 Å². The Kier molecular flexibility index (Phi) is 21.3. The van der Waals surface area contributed by atoms with Gasteiger partial charge in [0.2, 0.25) is 0 Å². The van der Waals surface area contributed by atoms with Crippen LogP contribution in [0.3, 0.4) is 0 Å². The molecule has 0 aromatic heterocycles. The second-order valence-electron chi connectivity index (χ2n) is 3.85. The van der Waals surface area contributed by atoms with E-state index in [9.17, 15) is 9.59 Å². The summed E-state index contributed by atoms with van der Waals surface area (Å²) in [6.07, 6.45) is 7.91. The van der Waals surface area contributed by atoms with Crippen LogP contribution in [0.1, 0.15) is 40.5 Å². The maximum Gasteiger partial charge on any atom is 0.466 e. The van der Waals surface area contributed by atoms with Crippen molar-refractivity contribution in [3.63, 3.8) is 0 Å². The highest BCUT2D eigenvalue weighted by Crippen LogP contribution is 2.25. The van der Waals surface area contributed by atoms with Gasteiger partial charge in [-0.25, -0.2) is 14.2 Å². The van der Waals surface area contributed by atoms with Crippen LogP contribution in [0.2, 0.25) is 0 Å². The molecule has 23 heavy (non-hydrogen) atoms. The van der Waals surface area contributed by atoms with Crippen molar-refractivity contribution >= 4 is 19.8 Å². The Balaban J connectivity index is -0.000000273. The highest BCUT2D eigenvalue weighted by molar-refractivity contribution is 7.45. The lowest BCUT2D eigenvalue weighted by atomic mass is 10.5. The van der Waals surface area contributed by atoms with E-state index in [2.05, 4.69) is 0 Å². The highest BCUT2D eigenvalue weighted by atomic mass is 31.2. The number of hydrogen-bond acceptors (Lipinski definition) is 5. The van der Waals surface area contributed by atoms with Crippen molar-refractivity contribution < 1.29 is 38.3 Å². The maximum absolute atomic E-state index is 10.5. The molecule has 0 aliphatic rings. The molecule has 0 radical (unpaired) electrons. The molecule has 0 fully saturated rings. The fourth-order valence-corrected chi connectivity index (χ4v) is 0.774. The summed E-state index contributed by atoms with van der Waals surface area (Å²) in [5.74, 6) is -0.501. The first-order valence-corrected chi connectivity index (χ1v) is 8.55. The summed E-state index contributed by atoms with van der Waals surface area (Å²) in [7, 11) is -4.64. The van der Waals surface area contributed by atoms with Gasteiger partial charge in [-0.1, -0.05) is 26.0 Å². The van der Waals surface area contributed by atoms with Crippen LogP contribution in [0.4, 0.5) is 0 Å². The third kappa shape index (κ3) is 44.9. The Labute approximate surface area is 137 Å². The molecule has 0 aromatic carbocycles. The number of esters is 2. The van der Waals surface area contributed by atoms with Crippen molar-refractivity contribution in [1.82, 2.24) is 0 Å². The van der Waals surface area contributed by atoms with E-state index < -0.39 is 7.82 Å². The van der Waals surface area contributed by atoms with E-state index in [0.29, 0.717) is 13.2 Å². The normalized spacial score (nSPS) is 10.4. The zero-order valence-electron chi connectivity index (χ0n) is 14.0. The summed E-state index contributed by atoms with van der Waals surface area (Å²) < 4.78 is 18.3. The van der Waals surface area contributed by atoms with Crippen LogP contribution in [0.15, 0.2) is 24.3 Å². The summed E-state index contributed by atoms with van der Waals surface area (Å²) in [4.78, 5) is 42.5. The van der Waals surface area contributed by atoms with Gasteiger partial charge >= 0.3 is 19.8 Å². The van der Waals surface area contributed by atoms with Gasteiger partial charge in [-0.3, -0.25) is 0 Å². The Morgan fingerprint density at radius 2 is 1.13 bits per heavy atom. The molecule has 0 atom stereocenters. The molecule has 0 aliphatic carbocycles. The van der Waals surface area contributed by atoms with Crippen LogP contribution in [0.5, 0.6) is 0 Å². The Hall–Kier alpha value is -1.47. The van der Waals surface area contributed by atoms with Crippen LogP contribution in [-0.2, 0) is 23.6 Å². The molecule has 0 unspecified atom stereocenters. The second-order valence-corrected chi connectivity index (χ2v) is 4.87. The summed E-state index contributed by atoms with van der Waals surface area (Å²) in [6.45, 7) is 8.53. The molecule has 0 aromatic rings. The molecule has 8 nitrogen and oxygen atoms in total. The highest BCUT2D eigenvalue weighted by Gasteiger charge is 2.00. The zero-order chi connectivity index (χ0) is 18.7. The van der Waals surface area contributed by atoms with Gasteiger partial charge in [0, 0.05) is 12.2 Å². The number of ether oxygens (including phenoxy) is 2. The average Bonchev–Trinajstić information content (AvgIpc) is 2.42. The molecule has 0 bridgehead atoms. The minimum absolute atomic E-state index is 0.251. The van der Waals surface area contributed by atoms with Gasteiger partial charge in [0.05, 0.1) is 13.2 Å². The molecule has 0 heterocycles. The minimum atomic E-state index is -4.64. The number of hydrogen-bond donors (Lipinski definition) is 3. The molecule has 136 valence electrons. The van der Waals surface area contributed by atoms with Crippen LogP contribution >= 0.6 is 7.82 Å². The van der Waals surface area contributed by atoms with Gasteiger partial charge in [0.25, 0.3) is 0 Å². The monoisotopic (exact) mass is 354 g/mol. The largest absolute Gasteiger partial charge is 0.466 e. The van der Waals surface area contributed by atoms with E-state index in [1.807, 2.05) is 13.8 Å². The number of phosphoric acid groups is 1. The van der Waals surface area contributed by atoms with Crippen molar-refractivity contribution in [3.05, 3.63) is 24.3 Å². The van der Waals surface area contributed by atoms with Crippen LogP contribution in [-0.4, -0.2) is 39.8 Å². The molecule has 0 spiro atoms. The fraction of sp³-hybridized carbons (Fsp3) is 0.571. The fourth-order valence-electron chi connectivity index (χ4n) is 0.774. The summed E-state index contributed by atoms with van der Waals surface area (Å²) in [6, 6.07) is 0. The second kappa shape index (κ2) is 18.6. The number of carbonyl (C=O) groups excluding carboxylic acids is 2. The van der Waals surface area contributed by atoms with E-state index >= 15 is 0 Å². The third-order valence-corrected chi connectivity index (χ3v) is 1.50. The van der Waals surface area contributed by atoms with E-state index in [1.165, 1.54) is 12.2 Å². The van der Waals surface area contributed by atoms with E-state index in [4.69, 9.17) is 28.7 Å². The van der Waals surface area contributed by atoms with Gasteiger partial charge in [-0.05, 0) is 26.7 Å². The SMILES string of the molecule is CC=CC(=O)OCCC.CC=CC(=O)OCCC.O=P(O)(O)O. The molecule has 0 saturated carbocycles. The predicted molar refractivity (Wildman–Crippen MR) is 86.4 cm³/mol.